The second-order valence-corrected chi connectivity index (χ2v) is 7.41. The van der Waals surface area contributed by atoms with E-state index in [0.717, 1.165) is 29.6 Å². The third kappa shape index (κ3) is 1.06. The molecule has 1 heterocycles. The highest BCUT2D eigenvalue weighted by molar-refractivity contribution is 5.25. The molecule has 17 heavy (non-hydrogen) atoms. The number of rotatable bonds is 0. The van der Waals surface area contributed by atoms with Gasteiger partial charge in [0.25, 0.3) is 0 Å². The molecule has 1 heteroatoms. The van der Waals surface area contributed by atoms with Crippen LogP contribution in [-0.2, 0) is 4.74 Å². The Morgan fingerprint density at radius 3 is 2.82 bits per heavy atom. The van der Waals surface area contributed by atoms with Crippen molar-refractivity contribution in [2.75, 3.05) is 0 Å². The van der Waals surface area contributed by atoms with Crippen LogP contribution in [-0.4, -0.2) is 12.2 Å². The zero-order valence-electron chi connectivity index (χ0n) is 11.4. The maximum absolute atomic E-state index is 6.34. The molecule has 0 radical (unpaired) electrons. The number of fused-ring (bicyclic) bond motifs is 1. The van der Waals surface area contributed by atoms with Crippen LogP contribution in [0.25, 0.3) is 0 Å². The third-order valence-corrected chi connectivity index (χ3v) is 6.98. The molecule has 8 unspecified atom stereocenters. The van der Waals surface area contributed by atoms with Gasteiger partial charge in [-0.05, 0) is 54.8 Å². The fourth-order valence-corrected chi connectivity index (χ4v) is 5.74. The van der Waals surface area contributed by atoms with E-state index in [9.17, 15) is 0 Å². The van der Waals surface area contributed by atoms with Gasteiger partial charge in [0.1, 0.15) is 0 Å². The summed E-state index contributed by atoms with van der Waals surface area (Å²) in [5.74, 6) is 4.09. The molecule has 94 valence electrons. The van der Waals surface area contributed by atoms with Crippen molar-refractivity contribution in [1.82, 2.24) is 0 Å². The second-order valence-electron chi connectivity index (χ2n) is 7.41. The van der Waals surface area contributed by atoms with Gasteiger partial charge in [0.2, 0.25) is 0 Å². The van der Waals surface area contributed by atoms with Crippen molar-refractivity contribution in [2.24, 2.45) is 35.0 Å². The zero-order valence-corrected chi connectivity index (χ0v) is 11.4. The van der Waals surface area contributed by atoms with E-state index in [1.807, 2.05) is 0 Å². The highest BCUT2D eigenvalue weighted by Crippen LogP contribution is 2.66. The van der Waals surface area contributed by atoms with Crippen molar-refractivity contribution in [3.8, 4) is 0 Å². The lowest BCUT2D eigenvalue weighted by Crippen LogP contribution is -2.54. The van der Waals surface area contributed by atoms with E-state index in [1.54, 1.807) is 5.57 Å². The molecular formula is C16H24O. The van der Waals surface area contributed by atoms with E-state index >= 15 is 0 Å². The molecule has 0 spiro atoms. The molecular weight excluding hydrogens is 208 g/mol. The van der Waals surface area contributed by atoms with Gasteiger partial charge < -0.3 is 4.74 Å². The fourth-order valence-electron chi connectivity index (χ4n) is 5.74. The van der Waals surface area contributed by atoms with Crippen molar-refractivity contribution < 1.29 is 4.74 Å². The van der Waals surface area contributed by atoms with Gasteiger partial charge in [0.15, 0.2) is 0 Å². The van der Waals surface area contributed by atoms with E-state index in [2.05, 4.69) is 33.8 Å². The summed E-state index contributed by atoms with van der Waals surface area (Å²) in [6.07, 6.45) is 6.40. The highest BCUT2D eigenvalue weighted by atomic mass is 16.5. The molecule has 1 aliphatic heterocycles. The predicted molar refractivity (Wildman–Crippen MR) is 68.6 cm³/mol. The van der Waals surface area contributed by atoms with E-state index in [4.69, 9.17) is 4.74 Å². The van der Waals surface area contributed by atoms with Crippen LogP contribution in [0.2, 0.25) is 0 Å². The number of hydrogen-bond donors (Lipinski definition) is 0. The molecule has 3 fully saturated rings. The molecule has 1 nitrogen and oxygen atoms in total. The van der Waals surface area contributed by atoms with Gasteiger partial charge in [-0.3, -0.25) is 0 Å². The van der Waals surface area contributed by atoms with Gasteiger partial charge in [0, 0.05) is 0 Å². The van der Waals surface area contributed by atoms with Crippen LogP contribution < -0.4 is 0 Å². The Morgan fingerprint density at radius 1 is 1.29 bits per heavy atom. The van der Waals surface area contributed by atoms with Crippen LogP contribution in [0.1, 0.15) is 40.5 Å². The average Bonchev–Trinajstić information content (AvgIpc) is 2.45. The summed E-state index contributed by atoms with van der Waals surface area (Å²) in [7, 11) is 0. The minimum absolute atomic E-state index is 0.513. The average molecular weight is 232 g/mol. The predicted octanol–water partition coefficient (Wildman–Crippen LogP) is 3.65. The minimum atomic E-state index is 0.513. The third-order valence-electron chi connectivity index (χ3n) is 6.98. The van der Waals surface area contributed by atoms with Crippen LogP contribution >= 0.6 is 0 Å². The van der Waals surface area contributed by atoms with Gasteiger partial charge in [-0.2, -0.15) is 0 Å². The van der Waals surface area contributed by atoms with Gasteiger partial charge in [-0.1, -0.05) is 32.4 Å². The number of allylic oxidation sites excluding steroid dienone is 2. The quantitative estimate of drug-likeness (QED) is 0.579. The van der Waals surface area contributed by atoms with E-state index in [0.29, 0.717) is 17.6 Å². The molecule has 8 atom stereocenters. The zero-order chi connectivity index (χ0) is 11.9. The lowest BCUT2D eigenvalue weighted by atomic mass is 9.45. The van der Waals surface area contributed by atoms with Gasteiger partial charge in [0.05, 0.1) is 12.2 Å². The van der Waals surface area contributed by atoms with Crippen LogP contribution in [0.3, 0.4) is 0 Å². The van der Waals surface area contributed by atoms with Gasteiger partial charge in [-0.15, -0.1) is 0 Å². The van der Waals surface area contributed by atoms with E-state index < -0.39 is 0 Å². The molecule has 5 bridgehead atoms. The molecule has 0 aromatic rings. The van der Waals surface area contributed by atoms with Gasteiger partial charge in [-0.25, -0.2) is 0 Å². The fraction of sp³-hybridized carbons (Fsp3) is 0.875. The van der Waals surface area contributed by atoms with Crippen molar-refractivity contribution in [3.05, 3.63) is 11.6 Å². The Kier molecular flexibility index (Phi) is 1.86. The molecule has 4 aliphatic rings. The Hall–Kier alpha value is -0.300. The maximum Gasteiger partial charge on any atom is 0.0621 e. The van der Waals surface area contributed by atoms with Crippen molar-refractivity contribution in [1.29, 1.82) is 0 Å². The highest BCUT2D eigenvalue weighted by Gasteiger charge is 2.63. The first-order valence-electron chi connectivity index (χ1n) is 7.36. The lowest BCUT2D eigenvalue weighted by Gasteiger charge is -2.58. The smallest absolute Gasteiger partial charge is 0.0621 e. The second kappa shape index (κ2) is 2.99. The van der Waals surface area contributed by atoms with Gasteiger partial charge >= 0.3 is 0 Å². The molecule has 4 rings (SSSR count). The monoisotopic (exact) mass is 232 g/mol. The summed E-state index contributed by atoms with van der Waals surface area (Å²) in [5.41, 5.74) is 2.16. The Labute approximate surface area is 105 Å². The molecule has 0 amide bonds. The normalized spacial score (nSPS) is 63.8. The van der Waals surface area contributed by atoms with Crippen molar-refractivity contribution in [3.63, 3.8) is 0 Å². The standard InChI is InChI=1S/C16H24O/c1-8-5-11-12-6-13-9(2)15(11)14(17-13)7-16(12,4)10(8)3/h5,9-15H,6-7H2,1-4H3. The largest absolute Gasteiger partial charge is 0.374 e. The van der Waals surface area contributed by atoms with Crippen molar-refractivity contribution >= 4 is 0 Å². The summed E-state index contributed by atoms with van der Waals surface area (Å²) < 4.78 is 6.34. The summed E-state index contributed by atoms with van der Waals surface area (Å²) in [6.45, 7) is 9.76. The first kappa shape index (κ1) is 10.6. The lowest BCUT2D eigenvalue weighted by molar-refractivity contribution is -0.0525. The summed E-state index contributed by atoms with van der Waals surface area (Å²) in [5, 5.41) is 0. The Balaban J connectivity index is 1.88. The molecule has 0 aromatic heterocycles. The van der Waals surface area contributed by atoms with E-state index in [1.165, 1.54) is 12.8 Å². The summed E-state index contributed by atoms with van der Waals surface area (Å²) in [4.78, 5) is 0. The van der Waals surface area contributed by atoms with Crippen LogP contribution in [0.5, 0.6) is 0 Å². The molecule has 1 saturated heterocycles. The first-order chi connectivity index (χ1) is 8.02. The molecule has 2 saturated carbocycles. The van der Waals surface area contributed by atoms with Crippen LogP contribution in [0.15, 0.2) is 11.6 Å². The summed E-state index contributed by atoms with van der Waals surface area (Å²) in [6, 6.07) is 0. The molecule has 0 N–H and O–H groups in total. The molecule has 3 aliphatic carbocycles. The summed E-state index contributed by atoms with van der Waals surface area (Å²) >= 11 is 0. The van der Waals surface area contributed by atoms with Crippen LogP contribution in [0, 0.1) is 35.0 Å². The Bertz CT molecular complexity index is 398. The SMILES string of the molecule is CC1=CC2C3C4CC(C)(C1C)C2CC(O4)C3C. The minimum Gasteiger partial charge on any atom is -0.374 e. The first-order valence-corrected chi connectivity index (χ1v) is 7.36. The Morgan fingerprint density at radius 2 is 2.06 bits per heavy atom. The van der Waals surface area contributed by atoms with Crippen molar-refractivity contribution in [2.45, 2.75) is 52.7 Å². The van der Waals surface area contributed by atoms with Crippen LogP contribution in [0.4, 0.5) is 0 Å². The number of ether oxygens (including phenoxy) is 1. The maximum atomic E-state index is 6.34. The number of hydrogen-bond acceptors (Lipinski definition) is 1. The molecule has 0 aromatic carbocycles. The van der Waals surface area contributed by atoms with E-state index in [-0.39, 0.29) is 0 Å². The topological polar surface area (TPSA) is 9.23 Å².